The fourth-order valence-electron chi connectivity index (χ4n) is 2.78. The van der Waals surface area contributed by atoms with Crippen molar-refractivity contribution in [1.82, 2.24) is 15.2 Å². The smallest absolute Gasteiger partial charge is 0.218 e. The first-order valence-corrected chi connectivity index (χ1v) is 9.31. The highest BCUT2D eigenvalue weighted by atomic mass is 16.5. The summed E-state index contributed by atoms with van der Waals surface area (Å²) in [5.74, 6) is 2.86. The summed E-state index contributed by atoms with van der Waals surface area (Å²) in [6, 6.07) is 9.64. The second-order valence-electron chi connectivity index (χ2n) is 6.24. The van der Waals surface area contributed by atoms with Gasteiger partial charge < -0.3 is 29.2 Å². The highest BCUT2D eigenvalue weighted by Gasteiger charge is 2.12. The van der Waals surface area contributed by atoms with Crippen molar-refractivity contribution in [1.29, 1.82) is 0 Å². The van der Waals surface area contributed by atoms with E-state index in [2.05, 4.69) is 15.3 Å². The van der Waals surface area contributed by atoms with E-state index >= 15 is 0 Å². The van der Waals surface area contributed by atoms with Gasteiger partial charge in [0, 0.05) is 57.7 Å². The fourth-order valence-corrected chi connectivity index (χ4v) is 2.78. The number of rotatable bonds is 10. The summed E-state index contributed by atoms with van der Waals surface area (Å²) in [6.07, 6.45) is 1.71. The minimum atomic E-state index is 0.451. The fraction of sp³-hybridized carbons (Fsp3) is 0.429. The van der Waals surface area contributed by atoms with E-state index in [0.717, 1.165) is 28.6 Å². The van der Waals surface area contributed by atoms with Crippen molar-refractivity contribution in [2.45, 2.75) is 13.1 Å². The topological polar surface area (TPSA) is 77.4 Å². The Morgan fingerprint density at radius 2 is 1.93 bits per heavy atom. The van der Waals surface area contributed by atoms with Crippen LogP contribution < -0.4 is 19.5 Å². The summed E-state index contributed by atoms with van der Waals surface area (Å²) >= 11 is 0. The molecule has 8 nitrogen and oxygen atoms in total. The summed E-state index contributed by atoms with van der Waals surface area (Å²) in [5, 5.41) is 3.36. The third kappa shape index (κ3) is 6.53. The van der Waals surface area contributed by atoms with Gasteiger partial charge in [0.15, 0.2) is 5.96 Å². The molecule has 0 unspecified atom stereocenters. The van der Waals surface area contributed by atoms with Crippen LogP contribution >= 0.6 is 0 Å². The largest absolute Gasteiger partial charge is 0.497 e. The Labute approximate surface area is 172 Å². The number of methoxy groups -OCH3 is 3. The first-order valence-electron chi connectivity index (χ1n) is 9.31. The SMILES string of the molecule is CN=C(NCc1cccnc1OCCOC)N(C)Cc1ccc(OC)cc1OC. The normalized spacial score (nSPS) is 11.1. The zero-order chi connectivity index (χ0) is 21.1. The molecule has 2 rings (SSSR count). The van der Waals surface area contributed by atoms with Crippen LogP contribution in [-0.4, -0.2) is 64.5 Å². The quantitative estimate of drug-likeness (QED) is 0.371. The maximum absolute atomic E-state index is 5.69. The summed E-state index contributed by atoms with van der Waals surface area (Å²) in [5.41, 5.74) is 1.98. The van der Waals surface area contributed by atoms with E-state index in [-0.39, 0.29) is 0 Å². The van der Waals surface area contributed by atoms with Crippen LogP contribution in [0.3, 0.4) is 0 Å². The Bertz CT molecular complexity index is 798. The second kappa shape index (κ2) is 11.8. The number of pyridine rings is 1. The van der Waals surface area contributed by atoms with Crippen LogP contribution in [0.5, 0.6) is 17.4 Å². The highest BCUT2D eigenvalue weighted by molar-refractivity contribution is 5.79. The van der Waals surface area contributed by atoms with E-state index in [1.54, 1.807) is 34.6 Å². The number of aliphatic imine (C=N–C) groups is 1. The number of hydrogen-bond donors (Lipinski definition) is 1. The van der Waals surface area contributed by atoms with Gasteiger partial charge in [0.2, 0.25) is 5.88 Å². The van der Waals surface area contributed by atoms with Gasteiger partial charge in [0.1, 0.15) is 18.1 Å². The van der Waals surface area contributed by atoms with Crippen molar-refractivity contribution < 1.29 is 18.9 Å². The van der Waals surface area contributed by atoms with Gasteiger partial charge in [-0.2, -0.15) is 0 Å². The van der Waals surface area contributed by atoms with Crippen LogP contribution in [-0.2, 0) is 17.8 Å². The van der Waals surface area contributed by atoms with Gasteiger partial charge in [-0.25, -0.2) is 4.98 Å². The third-order valence-electron chi connectivity index (χ3n) is 4.29. The molecule has 1 aromatic carbocycles. The lowest BCUT2D eigenvalue weighted by atomic mass is 10.2. The molecule has 0 aliphatic carbocycles. The zero-order valence-electron chi connectivity index (χ0n) is 17.8. The maximum Gasteiger partial charge on any atom is 0.218 e. The molecule has 2 aromatic rings. The van der Waals surface area contributed by atoms with Gasteiger partial charge >= 0.3 is 0 Å². The first-order chi connectivity index (χ1) is 14.1. The van der Waals surface area contributed by atoms with Crippen LogP contribution in [0.4, 0.5) is 0 Å². The molecule has 8 heteroatoms. The zero-order valence-corrected chi connectivity index (χ0v) is 17.8. The van der Waals surface area contributed by atoms with Crippen LogP contribution in [0.15, 0.2) is 41.5 Å². The van der Waals surface area contributed by atoms with Crippen molar-refractivity contribution >= 4 is 5.96 Å². The molecule has 158 valence electrons. The Morgan fingerprint density at radius 3 is 2.62 bits per heavy atom. The Balaban J connectivity index is 2.02. The number of benzene rings is 1. The minimum absolute atomic E-state index is 0.451. The van der Waals surface area contributed by atoms with Crippen molar-refractivity contribution in [2.24, 2.45) is 4.99 Å². The lowest BCUT2D eigenvalue weighted by Crippen LogP contribution is -2.38. The number of guanidine groups is 1. The number of nitrogens with one attached hydrogen (secondary N) is 1. The molecular formula is C21H30N4O4. The molecule has 0 spiro atoms. The van der Waals surface area contributed by atoms with Crippen molar-refractivity contribution in [2.75, 3.05) is 48.6 Å². The lowest BCUT2D eigenvalue weighted by molar-refractivity contribution is 0.143. The molecule has 0 saturated carbocycles. The van der Waals surface area contributed by atoms with E-state index < -0.39 is 0 Å². The second-order valence-corrected chi connectivity index (χ2v) is 6.24. The molecular weight excluding hydrogens is 372 g/mol. The lowest BCUT2D eigenvalue weighted by Gasteiger charge is -2.23. The summed E-state index contributed by atoms with van der Waals surface area (Å²) < 4.78 is 21.5. The van der Waals surface area contributed by atoms with Gasteiger partial charge in [-0.3, -0.25) is 4.99 Å². The van der Waals surface area contributed by atoms with Crippen LogP contribution in [0.2, 0.25) is 0 Å². The molecule has 0 aliphatic heterocycles. The predicted octanol–water partition coefficient (Wildman–Crippen LogP) is 2.33. The monoisotopic (exact) mass is 402 g/mol. The van der Waals surface area contributed by atoms with Gasteiger partial charge in [0.05, 0.1) is 20.8 Å². The third-order valence-corrected chi connectivity index (χ3v) is 4.29. The number of nitrogens with zero attached hydrogens (tertiary/aromatic N) is 3. The standard InChI is InChI=1S/C21H30N4O4/c1-22-21(24-14-16-7-6-10-23-20(16)29-12-11-26-3)25(2)15-17-8-9-18(27-4)13-19(17)28-5/h6-10,13H,11-12,14-15H2,1-5H3,(H,22,24). The molecule has 1 heterocycles. The highest BCUT2D eigenvalue weighted by Crippen LogP contribution is 2.25. The Kier molecular flexibility index (Phi) is 9.04. The average molecular weight is 402 g/mol. The first kappa shape index (κ1) is 22.3. The molecule has 0 amide bonds. The van der Waals surface area contributed by atoms with E-state index in [1.165, 1.54) is 0 Å². The molecule has 0 saturated heterocycles. The van der Waals surface area contributed by atoms with Crippen molar-refractivity contribution in [3.63, 3.8) is 0 Å². The van der Waals surface area contributed by atoms with E-state index in [4.69, 9.17) is 18.9 Å². The van der Waals surface area contributed by atoms with Crippen LogP contribution in [0.1, 0.15) is 11.1 Å². The van der Waals surface area contributed by atoms with Crippen molar-refractivity contribution in [3.8, 4) is 17.4 Å². The average Bonchev–Trinajstić information content (AvgIpc) is 2.75. The van der Waals surface area contributed by atoms with E-state index in [9.17, 15) is 0 Å². The number of hydrogen-bond acceptors (Lipinski definition) is 6. The van der Waals surface area contributed by atoms with E-state index in [0.29, 0.717) is 32.2 Å². The molecule has 0 radical (unpaired) electrons. The Hall–Kier alpha value is -3.00. The molecule has 1 N–H and O–H groups in total. The van der Waals surface area contributed by atoms with Gasteiger partial charge in [-0.1, -0.05) is 6.07 Å². The number of aromatic nitrogens is 1. The van der Waals surface area contributed by atoms with Crippen molar-refractivity contribution in [3.05, 3.63) is 47.7 Å². The molecule has 0 fully saturated rings. The predicted molar refractivity (Wildman–Crippen MR) is 113 cm³/mol. The van der Waals surface area contributed by atoms with Gasteiger partial charge in [-0.05, 0) is 18.2 Å². The molecule has 1 aromatic heterocycles. The molecule has 0 atom stereocenters. The molecule has 29 heavy (non-hydrogen) atoms. The van der Waals surface area contributed by atoms with Crippen LogP contribution in [0, 0.1) is 0 Å². The minimum Gasteiger partial charge on any atom is -0.497 e. The summed E-state index contributed by atoms with van der Waals surface area (Å²) in [6.45, 7) is 2.12. The van der Waals surface area contributed by atoms with Crippen LogP contribution in [0.25, 0.3) is 0 Å². The van der Waals surface area contributed by atoms with E-state index in [1.807, 2.05) is 42.3 Å². The molecule has 0 bridgehead atoms. The summed E-state index contributed by atoms with van der Waals surface area (Å²) in [4.78, 5) is 10.7. The number of ether oxygens (including phenoxy) is 4. The summed E-state index contributed by atoms with van der Waals surface area (Å²) in [7, 11) is 8.65. The van der Waals surface area contributed by atoms with Gasteiger partial charge in [0.25, 0.3) is 0 Å². The maximum atomic E-state index is 5.69. The Morgan fingerprint density at radius 1 is 1.10 bits per heavy atom. The molecule has 0 aliphatic rings. The van der Waals surface area contributed by atoms with Gasteiger partial charge in [-0.15, -0.1) is 0 Å².